The molecule has 0 unspecified atom stereocenters. The zero-order chi connectivity index (χ0) is 24.2. The van der Waals surface area contributed by atoms with Crippen LogP contribution in [-0.2, 0) is 6.42 Å². The lowest BCUT2D eigenvalue weighted by Crippen LogP contribution is -2.29. The number of fused-ring (bicyclic) bond motifs is 2. The van der Waals surface area contributed by atoms with E-state index in [9.17, 15) is 4.79 Å². The fourth-order valence-corrected chi connectivity index (χ4v) is 4.30. The first kappa shape index (κ1) is 23.7. The number of nitriles is 1. The second kappa shape index (κ2) is 10.2. The minimum Gasteiger partial charge on any atom is -0.397 e. The van der Waals surface area contributed by atoms with Gasteiger partial charge in [0.2, 0.25) is 0 Å². The van der Waals surface area contributed by atoms with Crippen LogP contribution < -0.4 is 11.3 Å². The average molecular weight is 478 g/mol. The smallest absolute Gasteiger partial charge is 0.258 e. The number of H-pyrrole nitrogens is 1. The molecule has 1 aromatic carbocycles. The summed E-state index contributed by atoms with van der Waals surface area (Å²) in [6.07, 6.45) is 8.20. The third-order valence-corrected chi connectivity index (χ3v) is 6.41. The summed E-state index contributed by atoms with van der Waals surface area (Å²) in [6, 6.07) is 7.10. The van der Waals surface area contributed by atoms with Crippen LogP contribution >= 0.6 is 11.6 Å². The maximum atomic E-state index is 12.3. The number of likely N-dealkylation sites (tertiary alicyclic amines) is 1. The number of aryl methyl sites for hydroxylation is 1. The lowest BCUT2D eigenvalue weighted by Gasteiger charge is -2.24. The molecule has 1 saturated heterocycles. The van der Waals surface area contributed by atoms with Crippen molar-refractivity contribution in [1.29, 1.82) is 5.26 Å². The molecule has 0 atom stereocenters. The monoisotopic (exact) mass is 477 g/mol. The van der Waals surface area contributed by atoms with Crippen molar-refractivity contribution in [1.82, 2.24) is 24.3 Å². The van der Waals surface area contributed by atoms with E-state index in [4.69, 9.17) is 22.6 Å². The highest BCUT2D eigenvalue weighted by atomic mass is 35.5. The van der Waals surface area contributed by atoms with Gasteiger partial charge in [-0.1, -0.05) is 24.9 Å². The number of aromatic nitrogens is 4. The topological polar surface area (TPSA) is 116 Å². The third-order valence-electron chi connectivity index (χ3n) is 6.09. The van der Waals surface area contributed by atoms with E-state index in [1.807, 2.05) is 19.2 Å². The van der Waals surface area contributed by atoms with E-state index in [0.29, 0.717) is 39.4 Å². The number of pyridine rings is 1. The fraction of sp³-hybridized carbons (Fsp3) is 0.360. The van der Waals surface area contributed by atoms with E-state index < -0.39 is 0 Å². The van der Waals surface area contributed by atoms with Gasteiger partial charge < -0.3 is 20.0 Å². The SMILES string of the molecule is CCN1CCCCC1.Cc1cc2nc(Cc3nc4cc(N)c(Cl)cc4c(=O)[nH]3)cn2cc1C#N. The normalized spacial score (nSPS) is 14.1. The molecule has 1 aliphatic rings. The van der Waals surface area contributed by atoms with Crippen molar-refractivity contribution in [3.63, 3.8) is 0 Å². The molecule has 1 fully saturated rings. The summed E-state index contributed by atoms with van der Waals surface area (Å²) in [7, 11) is 0. The number of rotatable bonds is 3. The van der Waals surface area contributed by atoms with Crippen LogP contribution in [0.15, 0.2) is 35.4 Å². The van der Waals surface area contributed by atoms with E-state index >= 15 is 0 Å². The van der Waals surface area contributed by atoms with Gasteiger partial charge in [-0.3, -0.25) is 4.79 Å². The summed E-state index contributed by atoms with van der Waals surface area (Å²) in [5, 5.41) is 9.85. The summed E-state index contributed by atoms with van der Waals surface area (Å²) in [4.78, 5) is 26.6. The van der Waals surface area contributed by atoms with Gasteiger partial charge in [-0.05, 0) is 63.2 Å². The number of imidazole rings is 1. The molecule has 0 aliphatic carbocycles. The first-order valence-corrected chi connectivity index (χ1v) is 11.8. The summed E-state index contributed by atoms with van der Waals surface area (Å²) in [5.74, 6) is 0.477. The number of benzene rings is 1. The van der Waals surface area contributed by atoms with Crippen molar-refractivity contribution in [3.05, 3.63) is 68.6 Å². The number of nitrogens with zero attached hydrogens (tertiary/aromatic N) is 5. The fourth-order valence-electron chi connectivity index (χ4n) is 4.14. The van der Waals surface area contributed by atoms with Crippen LogP contribution in [0.5, 0.6) is 0 Å². The van der Waals surface area contributed by atoms with Crippen LogP contribution in [0.2, 0.25) is 5.02 Å². The molecule has 176 valence electrons. The Morgan fingerprint density at radius 1 is 1.18 bits per heavy atom. The summed E-state index contributed by atoms with van der Waals surface area (Å²) in [5.41, 5.74) is 9.29. The minimum absolute atomic E-state index is 0.279. The van der Waals surface area contributed by atoms with Gasteiger partial charge in [-0.15, -0.1) is 0 Å². The Balaban J connectivity index is 0.000000291. The molecule has 34 heavy (non-hydrogen) atoms. The zero-order valence-corrected chi connectivity index (χ0v) is 20.2. The molecule has 0 spiro atoms. The predicted octanol–water partition coefficient (Wildman–Crippen LogP) is 4.07. The van der Waals surface area contributed by atoms with E-state index in [0.717, 1.165) is 16.9 Å². The van der Waals surface area contributed by atoms with E-state index in [1.54, 1.807) is 16.7 Å². The van der Waals surface area contributed by atoms with Crippen molar-refractivity contribution >= 4 is 33.8 Å². The van der Waals surface area contributed by atoms with Crippen molar-refractivity contribution in [2.24, 2.45) is 0 Å². The summed E-state index contributed by atoms with van der Waals surface area (Å²) >= 11 is 5.97. The highest BCUT2D eigenvalue weighted by Gasteiger charge is 2.11. The van der Waals surface area contributed by atoms with Gasteiger partial charge in [-0.2, -0.15) is 5.26 Å². The Hall–Kier alpha value is -3.41. The number of nitrogens with one attached hydrogen (secondary N) is 1. The highest BCUT2D eigenvalue weighted by Crippen LogP contribution is 2.23. The second-order valence-corrected chi connectivity index (χ2v) is 8.96. The number of nitrogens with two attached hydrogens (primary N) is 1. The molecule has 0 bridgehead atoms. The number of aromatic amines is 1. The number of nitrogen functional groups attached to an aromatic ring is 1. The Morgan fingerprint density at radius 2 is 1.94 bits per heavy atom. The van der Waals surface area contributed by atoms with Gasteiger partial charge in [0.05, 0.1) is 32.9 Å². The molecule has 0 saturated carbocycles. The molecule has 0 radical (unpaired) electrons. The molecule has 5 rings (SSSR count). The number of halogens is 1. The van der Waals surface area contributed by atoms with Crippen LogP contribution in [-0.4, -0.2) is 43.9 Å². The molecule has 0 amide bonds. The van der Waals surface area contributed by atoms with Crippen molar-refractivity contribution in [3.8, 4) is 6.07 Å². The van der Waals surface area contributed by atoms with Crippen molar-refractivity contribution < 1.29 is 0 Å². The molecule has 8 nitrogen and oxygen atoms in total. The predicted molar refractivity (Wildman–Crippen MR) is 135 cm³/mol. The highest BCUT2D eigenvalue weighted by molar-refractivity contribution is 6.33. The third kappa shape index (κ3) is 5.22. The molecule has 4 heterocycles. The van der Waals surface area contributed by atoms with Crippen molar-refractivity contribution in [2.45, 2.75) is 39.5 Å². The van der Waals surface area contributed by atoms with Gasteiger partial charge in [-0.25, -0.2) is 9.97 Å². The van der Waals surface area contributed by atoms with Crippen LogP contribution in [0.1, 0.15) is 48.8 Å². The van der Waals surface area contributed by atoms with E-state index in [2.05, 4.69) is 32.8 Å². The number of hydrogen-bond acceptors (Lipinski definition) is 6. The largest absolute Gasteiger partial charge is 0.397 e. The van der Waals surface area contributed by atoms with Gasteiger partial charge in [0.15, 0.2) is 0 Å². The number of anilines is 1. The zero-order valence-electron chi connectivity index (χ0n) is 19.4. The van der Waals surface area contributed by atoms with Crippen LogP contribution in [0.25, 0.3) is 16.6 Å². The van der Waals surface area contributed by atoms with Crippen molar-refractivity contribution in [2.75, 3.05) is 25.4 Å². The Morgan fingerprint density at radius 3 is 2.62 bits per heavy atom. The Labute approximate surface area is 203 Å². The number of piperidine rings is 1. The molecule has 4 aromatic rings. The first-order chi connectivity index (χ1) is 16.4. The van der Waals surface area contributed by atoms with E-state index in [1.165, 1.54) is 45.0 Å². The summed E-state index contributed by atoms with van der Waals surface area (Å²) in [6.45, 7) is 8.04. The molecule has 3 N–H and O–H groups in total. The molecule has 1 aliphatic heterocycles. The van der Waals surface area contributed by atoms with Crippen LogP contribution in [0, 0.1) is 18.3 Å². The minimum atomic E-state index is -0.279. The van der Waals surface area contributed by atoms with Crippen LogP contribution in [0.3, 0.4) is 0 Å². The Kier molecular flexibility index (Phi) is 7.15. The molecular formula is C25H28ClN7O. The maximum absolute atomic E-state index is 12.3. The average Bonchev–Trinajstić information content (AvgIpc) is 3.21. The Bertz CT molecular complexity index is 1430. The second-order valence-electron chi connectivity index (χ2n) is 8.55. The molecule has 3 aromatic heterocycles. The molecule has 9 heteroatoms. The quantitative estimate of drug-likeness (QED) is 0.429. The summed E-state index contributed by atoms with van der Waals surface area (Å²) < 4.78 is 1.79. The van der Waals surface area contributed by atoms with Gasteiger partial charge >= 0.3 is 0 Å². The number of hydrogen-bond donors (Lipinski definition) is 2. The van der Waals surface area contributed by atoms with Gasteiger partial charge in [0.1, 0.15) is 17.5 Å². The van der Waals surface area contributed by atoms with Crippen LogP contribution in [0.4, 0.5) is 5.69 Å². The van der Waals surface area contributed by atoms with Gasteiger partial charge in [0, 0.05) is 18.8 Å². The van der Waals surface area contributed by atoms with E-state index in [-0.39, 0.29) is 5.56 Å². The van der Waals surface area contributed by atoms with Gasteiger partial charge in [0.25, 0.3) is 5.56 Å². The standard InChI is InChI=1S/C18H13ClN6O.C7H15N/c1-9-2-17-22-11(8-25(17)7-10(9)6-20)3-16-23-15-5-14(21)13(19)4-12(15)18(26)24-16;1-2-8-6-4-3-5-7-8/h2,4-5,7-8H,3,21H2,1H3,(H,23,24,26);2-7H2,1H3. The lowest BCUT2D eigenvalue weighted by atomic mass is 10.1. The maximum Gasteiger partial charge on any atom is 0.258 e. The molecular weight excluding hydrogens is 450 g/mol. The lowest BCUT2D eigenvalue weighted by molar-refractivity contribution is 0.240. The first-order valence-electron chi connectivity index (χ1n) is 11.5.